The predicted octanol–water partition coefficient (Wildman–Crippen LogP) is 13.9. The van der Waals surface area contributed by atoms with Crippen LogP contribution in [0.1, 0.15) is 16.7 Å². The molecule has 0 radical (unpaired) electrons. The smallest absolute Gasteiger partial charge is 0.143 e. The topological polar surface area (TPSA) is 86.9 Å². The maximum Gasteiger partial charge on any atom is 0.143 e. The second-order valence-corrected chi connectivity index (χ2v) is 14.6. The van der Waals surface area contributed by atoms with Gasteiger partial charge in [0.25, 0.3) is 0 Å². The number of nitrogens with one attached hydrogen (secondary N) is 2. The number of nitrogen functional groups attached to an aromatic ring is 1. The molecule has 270 valence electrons. The molecule has 0 saturated carbocycles. The second-order valence-electron chi connectivity index (χ2n) is 13.5. The molecule has 56 heavy (non-hydrogen) atoms. The van der Waals surface area contributed by atoms with E-state index in [1.165, 1.54) is 32.0 Å². The van der Waals surface area contributed by atoms with Crippen molar-refractivity contribution >= 4 is 65.5 Å². The fourth-order valence-corrected chi connectivity index (χ4v) is 8.18. The van der Waals surface area contributed by atoms with Crippen LogP contribution in [0, 0.1) is 17.7 Å². The van der Waals surface area contributed by atoms with Crippen molar-refractivity contribution in [2.24, 2.45) is 5.73 Å². The lowest BCUT2D eigenvalue weighted by atomic mass is 9.94. The van der Waals surface area contributed by atoms with Gasteiger partial charge in [0.15, 0.2) is 0 Å². The van der Waals surface area contributed by atoms with Crippen LogP contribution in [0.3, 0.4) is 0 Å². The third-order valence-corrected chi connectivity index (χ3v) is 10.9. The number of thiophene rings is 1. The zero-order valence-corrected chi connectivity index (χ0v) is 31.7. The van der Waals surface area contributed by atoms with Crippen molar-refractivity contribution in [2.45, 2.75) is 6.92 Å². The average Bonchev–Trinajstić information content (AvgIpc) is 3.83. The van der Waals surface area contributed by atoms with Crippen LogP contribution in [-0.4, -0.2) is 12.1 Å². The quantitative estimate of drug-likeness (QED) is 0.121. The van der Waals surface area contributed by atoms with Gasteiger partial charge in [-0.15, -0.1) is 11.3 Å². The highest BCUT2D eigenvalue weighted by Crippen LogP contribution is 2.44. The van der Waals surface area contributed by atoms with E-state index in [0.717, 1.165) is 66.4 Å². The van der Waals surface area contributed by atoms with Crippen molar-refractivity contribution in [2.75, 3.05) is 0 Å². The highest BCUT2D eigenvalue weighted by Gasteiger charge is 2.20. The summed E-state index contributed by atoms with van der Waals surface area (Å²) >= 11 is 1.82. The van der Waals surface area contributed by atoms with E-state index >= 15 is 0 Å². The van der Waals surface area contributed by atoms with E-state index in [1.807, 2.05) is 78.1 Å². The third kappa shape index (κ3) is 7.36. The van der Waals surface area contributed by atoms with Crippen LogP contribution in [0.25, 0.3) is 75.5 Å². The van der Waals surface area contributed by atoms with E-state index in [1.54, 1.807) is 0 Å². The lowest BCUT2D eigenvalue weighted by molar-refractivity contribution is 0.671. The van der Waals surface area contributed by atoms with Crippen LogP contribution < -0.4 is 5.73 Å². The molecule has 0 aliphatic carbocycles. The molecule has 4 N–H and O–H groups in total. The Kier molecular flexibility index (Phi) is 10.3. The minimum atomic E-state index is 0.121. The summed E-state index contributed by atoms with van der Waals surface area (Å²) in [5.74, 6) is 0.121. The van der Waals surface area contributed by atoms with Gasteiger partial charge in [0.05, 0.1) is 0 Å². The molecular weight excluding hydrogens is 703 g/mol. The van der Waals surface area contributed by atoms with Crippen molar-refractivity contribution in [3.05, 3.63) is 205 Å². The summed E-state index contributed by atoms with van der Waals surface area (Å²) in [7, 11) is 0. The van der Waals surface area contributed by atoms with Gasteiger partial charge in [0.2, 0.25) is 0 Å². The molecule has 2 heterocycles. The summed E-state index contributed by atoms with van der Waals surface area (Å²) < 4.78 is 9.38. The molecule has 0 spiro atoms. The molecule has 8 aromatic carbocycles. The van der Waals surface area contributed by atoms with E-state index in [0.29, 0.717) is 0 Å². The number of hydrogen-bond donors (Lipinski definition) is 3. The van der Waals surface area contributed by atoms with Crippen LogP contribution >= 0.6 is 11.3 Å². The molecule has 0 atom stereocenters. The van der Waals surface area contributed by atoms with E-state index in [2.05, 4.69) is 128 Å². The van der Waals surface area contributed by atoms with Crippen molar-refractivity contribution in [3.63, 3.8) is 0 Å². The van der Waals surface area contributed by atoms with Crippen LogP contribution in [0.5, 0.6) is 0 Å². The van der Waals surface area contributed by atoms with Crippen molar-refractivity contribution in [1.29, 1.82) is 10.8 Å². The number of hydrogen-bond acceptors (Lipinski definition) is 4. The first-order chi connectivity index (χ1) is 27.5. The normalized spacial score (nSPS) is 10.8. The number of furan rings is 1. The Labute approximate surface area is 330 Å². The van der Waals surface area contributed by atoms with Crippen LogP contribution in [0.15, 0.2) is 192 Å². The van der Waals surface area contributed by atoms with Gasteiger partial charge >= 0.3 is 0 Å². The van der Waals surface area contributed by atoms with E-state index in [4.69, 9.17) is 21.0 Å². The highest BCUT2D eigenvalue weighted by molar-refractivity contribution is 7.25. The molecule has 2 aromatic heterocycles. The Morgan fingerprint density at radius 3 is 1.75 bits per heavy atom. The molecule has 0 saturated heterocycles. The largest absolute Gasteiger partial charge is 0.455 e. The summed E-state index contributed by atoms with van der Waals surface area (Å²) in [6.07, 6.45) is 1.44. The zero-order chi connectivity index (χ0) is 38.4. The fourth-order valence-electron chi connectivity index (χ4n) is 7.03. The molecule has 0 unspecified atom stereocenters. The van der Waals surface area contributed by atoms with Gasteiger partial charge in [-0.25, -0.2) is 0 Å². The van der Waals surface area contributed by atoms with Crippen molar-refractivity contribution < 1.29 is 4.42 Å². The minimum Gasteiger partial charge on any atom is -0.455 e. The van der Waals surface area contributed by atoms with Gasteiger partial charge in [0, 0.05) is 59.4 Å². The first-order valence-electron chi connectivity index (χ1n) is 18.5. The Morgan fingerprint density at radius 2 is 1.12 bits per heavy atom. The van der Waals surface area contributed by atoms with Gasteiger partial charge in [-0.1, -0.05) is 163 Å². The molecule has 4 nitrogen and oxygen atoms in total. The minimum absolute atomic E-state index is 0.121. The van der Waals surface area contributed by atoms with Crippen LogP contribution in [0.4, 0.5) is 0 Å². The molecule has 10 rings (SSSR count). The molecule has 0 amide bonds. The van der Waals surface area contributed by atoms with E-state index in [9.17, 15) is 0 Å². The standard InChI is InChI=1S/C37H23NOS.C7H8N2.C7H8/c38-22-26-16-17-28(25-15-18-30-29-13-7-8-14-33(29)40-34(30)21-25)37-35(26)32-20-27(23-9-3-1-4-10-23)19-31(36(32)39-37)24-11-5-2-6-12-24;8-7(9)6-4-2-1-3-5-6;1-7-5-3-2-4-6-7/h1-22,38H;1-5H,(H3,8,9);2-6H,1H3. The molecule has 0 aliphatic rings. The first-order valence-corrected chi connectivity index (χ1v) is 19.3. The fraction of sp³-hybridized carbons (Fsp3) is 0.0196. The Morgan fingerprint density at radius 1 is 0.518 bits per heavy atom. The molecule has 0 aliphatic heterocycles. The maximum absolute atomic E-state index is 8.26. The molecule has 0 fully saturated rings. The van der Waals surface area contributed by atoms with Gasteiger partial charge in [-0.2, -0.15) is 0 Å². The summed E-state index contributed by atoms with van der Waals surface area (Å²) in [6.45, 7) is 2.08. The van der Waals surface area contributed by atoms with Crippen molar-refractivity contribution in [3.8, 4) is 33.4 Å². The third-order valence-electron chi connectivity index (χ3n) is 9.81. The summed E-state index contributed by atoms with van der Waals surface area (Å²) in [5, 5.41) is 19.8. The molecule has 5 heteroatoms. The highest BCUT2D eigenvalue weighted by atomic mass is 32.1. The van der Waals surface area contributed by atoms with Gasteiger partial charge in [-0.3, -0.25) is 5.41 Å². The lowest BCUT2D eigenvalue weighted by Gasteiger charge is -2.08. The Hall–Kier alpha value is -7.08. The molecular formula is C51H39N3OS. The number of amidine groups is 1. The second kappa shape index (κ2) is 16.1. The van der Waals surface area contributed by atoms with Crippen LogP contribution in [0.2, 0.25) is 0 Å². The van der Waals surface area contributed by atoms with Gasteiger partial charge in [0.1, 0.15) is 17.0 Å². The SMILES string of the molecule is Cc1ccccc1.N=C(N)c1ccccc1.N=Cc1ccc(-c2ccc3c(c2)sc2ccccc23)c2oc3c(-c4ccccc4)cc(-c4ccccc4)cc3c12. The number of nitrogens with two attached hydrogens (primary N) is 1. The first kappa shape index (κ1) is 35.9. The number of rotatable bonds is 5. The average molecular weight is 742 g/mol. The van der Waals surface area contributed by atoms with E-state index < -0.39 is 0 Å². The van der Waals surface area contributed by atoms with Gasteiger partial charge < -0.3 is 15.6 Å². The molecule has 10 aromatic rings. The molecule has 0 bridgehead atoms. The number of fused-ring (bicyclic) bond motifs is 6. The Bertz CT molecular complexity index is 2950. The lowest BCUT2D eigenvalue weighted by Crippen LogP contribution is -2.10. The monoisotopic (exact) mass is 741 g/mol. The van der Waals surface area contributed by atoms with Crippen LogP contribution in [-0.2, 0) is 0 Å². The van der Waals surface area contributed by atoms with E-state index in [-0.39, 0.29) is 5.84 Å². The Balaban J connectivity index is 0.000000229. The maximum atomic E-state index is 8.26. The zero-order valence-electron chi connectivity index (χ0n) is 30.9. The van der Waals surface area contributed by atoms with Gasteiger partial charge in [-0.05, 0) is 59.5 Å². The number of benzene rings is 8. The summed E-state index contributed by atoms with van der Waals surface area (Å²) in [6, 6.07) is 64.2. The van der Waals surface area contributed by atoms with Crippen molar-refractivity contribution in [1.82, 2.24) is 0 Å². The summed E-state index contributed by atoms with van der Waals surface area (Å²) in [5.41, 5.74) is 16.4. The number of aryl methyl sites for hydroxylation is 1. The summed E-state index contributed by atoms with van der Waals surface area (Å²) in [4.78, 5) is 0. The predicted molar refractivity (Wildman–Crippen MR) is 239 cm³/mol.